The molecule has 2 N–H and O–H groups in total. The van der Waals surface area contributed by atoms with Crippen LogP contribution in [0, 0.1) is 11.8 Å². The normalized spacial score (nSPS) is 38.3. The number of nitrogens with zero attached hydrogens (tertiary/aromatic N) is 2. The molecule has 2 rings (SSSR count). The number of likely N-dealkylation sites (N-methyl/N-ethyl adjacent to an activating group) is 1. The highest BCUT2D eigenvalue weighted by Gasteiger charge is 2.51. The Kier molecular flexibility index (Phi) is 1.79. The van der Waals surface area contributed by atoms with Crippen LogP contribution in [0.2, 0.25) is 0 Å². The summed E-state index contributed by atoms with van der Waals surface area (Å²) < 4.78 is 0. The van der Waals surface area contributed by atoms with Crippen LogP contribution in [0.5, 0.6) is 0 Å². The molecule has 0 saturated heterocycles. The summed E-state index contributed by atoms with van der Waals surface area (Å²) in [6.45, 7) is 5.52. The molecular weight excluding hydrogens is 162 g/mol. The maximum atomic E-state index is 5.76. The Morgan fingerprint density at radius 3 is 2.54 bits per heavy atom. The van der Waals surface area contributed by atoms with Crippen molar-refractivity contribution in [3.05, 3.63) is 0 Å². The maximum absolute atomic E-state index is 5.76. The number of nitrogens with two attached hydrogens (primary N) is 1. The molecule has 1 spiro atoms. The molecule has 0 amide bonds. The fourth-order valence-electron chi connectivity index (χ4n) is 2.47. The van der Waals surface area contributed by atoms with Crippen LogP contribution in [0.15, 0.2) is 4.99 Å². The lowest BCUT2D eigenvalue weighted by Gasteiger charge is -2.51. The minimum Gasteiger partial charge on any atom is -0.370 e. The summed E-state index contributed by atoms with van der Waals surface area (Å²) in [5, 5.41) is 0. The average Bonchev–Trinajstić information content (AvgIpc) is 2.26. The number of hydrogen-bond donors (Lipinski definition) is 1. The quantitative estimate of drug-likeness (QED) is 0.657. The minimum atomic E-state index is 0.305. The molecule has 0 radical (unpaired) electrons. The fourth-order valence-corrected chi connectivity index (χ4v) is 2.47. The van der Waals surface area contributed by atoms with Gasteiger partial charge < -0.3 is 10.6 Å². The highest BCUT2D eigenvalue weighted by Crippen LogP contribution is 2.47. The van der Waals surface area contributed by atoms with Crippen LogP contribution in [0.1, 0.15) is 26.7 Å². The molecular formula is C10H19N3. The number of aliphatic imine (C=N–C) groups is 1. The second kappa shape index (κ2) is 2.63. The largest absolute Gasteiger partial charge is 0.370 e. The van der Waals surface area contributed by atoms with Gasteiger partial charge >= 0.3 is 0 Å². The van der Waals surface area contributed by atoms with Gasteiger partial charge in [0.2, 0.25) is 0 Å². The Morgan fingerprint density at radius 2 is 2.15 bits per heavy atom. The topological polar surface area (TPSA) is 41.6 Å². The van der Waals surface area contributed by atoms with Crippen LogP contribution < -0.4 is 5.73 Å². The molecule has 0 aromatic heterocycles. The highest BCUT2D eigenvalue weighted by atomic mass is 15.3. The van der Waals surface area contributed by atoms with Gasteiger partial charge in [-0.05, 0) is 24.7 Å². The van der Waals surface area contributed by atoms with Crippen LogP contribution in [0.25, 0.3) is 0 Å². The van der Waals surface area contributed by atoms with Crippen LogP contribution in [0.3, 0.4) is 0 Å². The fraction of sp³-hybridized carbons (Fsp3) is 0.900. The Labute approximate surface area is 80.0 Å². The van der Waals surface area contributed by atoms with Crippen LogP contribution in [-0.4, -0.2) is 30.0 Å². The van der Waals surface area contributed by atoms with Gasteiger partial charge in [-0.2, -0.15) is 0 Å². The summed E-state index contributed by atoms with van der Waals surface area (Å²) in [5.41, 5.74) is 6.07. The first kappa shape index (κ1) is 8.85. The molecule has 0 aromatic rings. The van der Waals surface area contributed by atoms with E-state index in [1.165, 1.54) is 12.8 Å². The molecule has 0 bridgehead atoms. The molecule has 1 aliphatic carbocycles. The van der Waals surface area contributed by atoms with Gasteiger partial charge in [0.25, 0.3) is 0 Å². The Bertz CT molecular complexity index is 239. The summed E-state index contributed by atoms with van der Waals surface area (Å²) in [7, 11) is 2.07. The number of guanidine groups is 1. The highest BCUT2D eigenvalue weighted by molar-refractivity contribution is 5.80. The van der Waals surface area contributed by atoms with E-state index in [2.05, 4.69) is 30.8 Å². The molecule has 1 saturated carbocycles. The third kappa shape index (κ3) is 1.13. The van der Waals surface area contributed by atoms with Crippen molar-refractivity contribution >= 4 is 5.96 Å². The molecule has 3 heteroatoms. The van der Waals surface area contributed by atoms with Crippen LogP contribution in [0.4, 0.5) is 0 Å². The van der Waals surface area contributed by atoms with Crippen molar-refractivity contribution < 1.29 is 0 Å². The molecule has 1 aliphatic heterocycles. The molecule has 1 heterocycles. The predicted molar refractivity (Wildman–Crippen MR) is 54.5 cm³/mol. The molecule has 3 nitrogen and oxygen atoms in total. The van der Waals surface area contributed by atoms with E-state index in [-0.39, 0.29) is 0 Å². The third-order valence-electron chi connectivity index (χ3n) is 3.82. The first-order valence-electron chi connectivity index (χ1n) is 5.09. The minimum absolute atomic E-state index is 0.305. The van der Waals surface area contributed by atoms with Crippen LogP contribution in [-0.2, 0) is 0 Å². The summed E-state index contributed by atoms with van der Waals surface area (Å²) >= 11 is 0. The number of rotatable bonds is 1. The van der Waals surface area contributed by atoms with Crippen LogP contribution >= 0.6 is 0 Å². The average molecular weight is 181 g/mol. The lowest BCUT2D eigenvalue weighted by molar-refractivity contribution is 0.0314. The second-order valence-electron chi connectivity index (χ2n) is 4.87. The molecule has 0 atom stereocenters. The van der Waals surface area contributed by atoms with Gasteiger partial charge in [0.15, 0.2) is 5.96 Å². The summed E-state index contributed by atoms with van der Waals surface area (Å²) in [6, 6.07) is 0. The second-order valence-corrected chi connectivity index (χ2v) is 4.87. The van der Waals surface area contributed by atoms with E-state index in [1.54, 1.807) is 0 Å². The van der Waals surface area contributed by atoms with Crippen molar-refractivity contribution in [2.75, 3.05) is 13.6 Å². The Morgan fingerprint density at radius 1 is 1.54 bits per heavy atom. The lowest BCUT2D eigenvalue weighted by Crippen LogP contribution is -2.58. The van der Waals surface area contributed by atoms with Crippen molar-refractivity contribution in [2.24, 2.45) is 22.6 Å². The van der Waals surface area contributed by atoms with E-state index in [9.17, 15) is 0 Å². The van der Waals surface area contributed by atoms with Gasteiger partial charge in [-0.25, -0.2) is 0 Å². The van der Waals surface area contributed by atoms with E-state index in [0.29, 0.717) is 5.54 Å². The number of hydrogen-bond acceptors (Lipinski definition) is 3. The zero-order chi connectivity index (χ0) is 9.64. The lowest BCUT2D eigenvalue weighted by atomic mass is 9.64. The molecule has 13 heavy (non-hydrogen) atoms. The first-order chi connectivity index (χ1) is 6.05. The molecule has 2 aliphatic rings. The smallest absolute Gasteiger partial charge is 0.191 e. The van der Waals surface area contributed by atoms with Gasteiger partial charge in [0.1, 0.15) is 0 Å². The van der Waals surface area contributed by atoms with Gasteiger partial charge in [0.05, 0.1) is 12.1 Å². The molecule has 74 valence electrons. The predicted octanol–water partition coefficient (Wildman–Crippen LogP) is 1.05. The zero-order valence-electron chi connectivity index (χ0n) is 8.75. The van der Waals surface area contributed by atoms with E-state index in [0.717, 1.165) is 24.3 Å². The van der Waals surface area contributed by atoms with E-state index < -0.39 is 0 Å². The van der Waals surface area contributed by atoms with Crippen molar-refractivity contribution in [3.63, 3.8) is 0 Å². The van der Waals surface area contributed by atoms with Gasteiger partial charge in [-0.15, -0.1) is 0 Å². The van der Waals surface area contributed by atoms with Crippen molar-refractivity contribution in [1.29, 1.82) is 0 Å². The summed E-state index contributed by atoms with van der Waals surface area (Å²) in [6.07, 6.45) is 2.54. The Balaban J connectivity index is 1.99. The van der Waals surface area contributed by atoms with Gasteiger partial charge in [-0.1, -0.05) is 13.8 Å². The Hall–Kier alpha value is -0.730. The maximum Gasteiger partial charge on any atom is 0.191 e. The van der Waals surface area contributed by atoms with Gasteiger partial charge in [0, 0.05) is 7.05 Å². The van der Waals surface area contributed by atoms with E-state index in [4.69, 9.17) is 5.73 Å². The standard InChI is InChI=1S/C10H19N3/c1-7(2)8-4-10(5-8)6-12-9(11)13(10)3/h7-8H,4-6H2,1-3H3,(H2,11,12). The summed E-state index contributed by atoms with van der Waals surface area (Å²) in [4.78, 5) is 6.48. The third-order valence-corrected chi connectivity index (χ3v) is 3.82. The van der Waals surface area contributed by atoms with E-state index in [1.807, 2.05) is 0 Å². The zero-order valence-corrected chi connectivity index (χ0v) is 8.75. The monoisotopic (exact) mass is 181 g/mol. The summed E-state index contributed by atoms with van der Waals surface area (Å²) in [5.74, 6) is 2.41. The van der Waals surface area contributed by atoms with Crippen molar-refractivity contribution in [1.82, 2.24) is 4.90 Å². The van der Waals surface area contributed by atoms with Gasteiger partial charge in [-0.3, -0.25) is 4.99 Å². The van der Waals surface area contributed by atoms with Crippen molar-refractivity contribution in [2.45, 2.75) is 32.2 Å². The SMILES string of the molecule is CC(C)C1CC2(CN=C(N)N2C)C1. The molecule has 0 aromatic carbocycles. The van der Waals surface area contributed by atoms with E-state index >= 15 is 0 Å². The molecule has 0 unspecified atom stereocenters. The van der Waals surface area contributed by atoms with Crippen molar-refractivity contribution in [3.8, 4) is 0 Å². The first-order valence-corrected chi connectivity index (χ1v) is 5.09. The molecule has 1 fully saturated rings.